The Morgan fingerprint density at radius 2 is 2.08 bits per heavy atom. The van der Waals surface area contributed by atoms with E-state index < -0.39 is 12.1 Å². The van der Waals surface area contributed by atoms with Crippen LogP contribution in [0.25, 0.3) is 0 Å². The second-order valence-corrected chi connectivity index (χ2v) is 2.87. The normalized spacial score (nSPS) is 15.0. The predicted octanol–water partition coefficient (Wildman–Crippen LogP) is -0.0276. The molecule has 1 aromatic heterocycles. The number of rotatable bonds is 3. The van der Waals surface area contributed by atoms with E-state index in [1.807, 2.05) is 0 Å². The summed E-state index contributed by atoms with van der Waals surface area (Å²) < 4.78 is 0. The third-order valence-electron chi connectivity index (χ3n) is 1.79. The minimum Gasteiger partial charge on any atom is -0.391 e. The zero-order valence-corrected chi connectivity index (χ0v) is 7.34. The number of ketones is 1. The molecule has 0 amide bonds. The van der Waals surface area contributed by atoms with Crippen molar-refractivity contribution in [2.24, 2.45) is 5.73 Å². The van der Waals surface area contributed by atoms with Crippen LogP contribution < -0.4 is 5.73 Å². The highest BCUT2D eigenvalue weighted by molar-refractivity contribution is 6.00. The lowest BCUT2D eigenvalue weighted by atomic mass is 10.0. The van der Waals surface area contributed by atoms with Crippen molar-refractivity contribution in [1.82, 2.24) is 4.98 Å². The molecule has 4 heteroatoms. The largest absolute Gasteiger partial charge is 0.391 e. The standard InChI is InChI=1S/C9H12N2O2/c1-6(12)8(10)9(13)7-2-4-11-5-3-7/h2-6,8,12H,10H2,1H3. The lowest BCUT2D eigenvalue weighted by Gasteiger charge is -2.12. The molecule has 0 spiro atoms. The first-order chi connectivity index (χ1) is 6.13. The van der Waals surface area contributed by atoms with E-state index in [0.717, 1.165) is 0 Å². The van der Waals surface area contributed by atoms with Crippen LogP contribution in [0.2, 0.25) is 0 Å². The first kappa shape index (κ1) is 9.83. The van der Waals surface area contributed by atoms with Crippen molar-refractivity contribution in [3.05, 3.63) is 30.1 Å². The van der Waals surface area contributed by atoms with Crippen LogP contribution >= 0.6 is 0 Å². The summed E-state index contributed by atoms with van der Waals surface area (Å²) in [6.07, 6.45) is 2.20. The number of hydrogen-bond acceptors (Lipinski definition) is 4. The lowest BCUT2D eigenvalue weighted by molar-refractivity contribution is 0.0847. The van der Waals surface area contributed by atoms with Crippen LogP contribution in [0.3, 0.4) is 0 Å². The first-order valence-corrected chi connectivity index (χ1v) is 4.01. The Balaban J connectivity index is 2.80. The Kier molecular flexibility index (Phi) is 3.11. The van der Waals surface area contributed by atoms with E-state index in [9.17, 15) is 4.79 Å². The molecule has 2 atom stereocenters. The Bertz CT molecular complexity index is 285. The number of Topliss-reactive ketones (excluding diaryl/α,β-unsaturated/α-hetero) is 1. The number of carbonyl (C=O) groups is 1. The average molecular weight is 180 g/mol. The molecular weight excluding hydrogens is 168 g/mol. The highest BCUT2D eigenvalue weighted by Crippen LogP contribution is 2.03. The monoisotopic (exact) mass is 180 g/mol. The Labute approximate surface area is 76.4 Å². The summed E-state index contributed by atoms with van der Waals surface area (Å²) in [5, 5.41) is 9.09. The fraction of sp³-hybridized carbons (Fsp3) is 0.333. The molecule has 1 heterocycles. The van der Waals surface area contributed by atoms with Gasteiger partial charge in [0.25, 0.3) is 0 Å². The quantitative estimate of drug-likeness (QED) is 0.640. The van der Waals surface area contributed by atoms with Gasteiger partial charge in [-0.05, 0) is 19.1 Å². The van der Waals surface area contributed by atoms with Crippen molar-refractivity contribution in [2.45, 2.75) is 19.1 Å². The number of hydrogen-bond donors (Lipinski definition) is 2. The number of aliphatic hydroxyl groups is 1. The molecule has 3 N–H and O–H groups in total. The minimum atomic E-state index is -0.859. The molecule has 0 aliphatic heterocycles. The number of nitrogens with zero attached hydrogens (tertiary/aromatic N) is 1. The third kappa shape index (κ3) is 2.34. The SMILES string of the molecule is CC(O)C(N)C(=O)c1ccncc1. The van der Waals surface area contributed by atoms with E-state index in [1.165, 1.54) is 19.3 Å². The summed E-state index contributed by atoms with van der Waals surface area (Å²) in [6.45, 7) is 1.49. The van der Waals surface area contributed by atoms with E-state index in [0.29, 0.717) is 5.56 Å². The maximum absolute atomic E-state index is 11.5. The zero-order valence-electron chi connectivity index (χ0n) is 7.34. The topological polar surface area (TPSA) is 76.2 Å². The number of aliphatic hydroxyl groups excluding tert-OH is 1. The summed E-state index contributed by atoms with van der Waals surface area (Å²) in [7, 11) is 0. The molecule has 70 valence electrons. The lowest BCUT2D eigenvalue weighted by Crippen LogP contribution is -2.40. The smallest absolute Gasteiger partial charge is 0.182 e. The summed E-state index contributed by atoms with van der Waals surface area (Å²) in [5.74, 6) is -0.266. The summed E-state index contributed by atoms with van der Waals surface area (Å²) in [4.78, 5) is 15.2. The molecule has 0 fully saturated rings. The van der Waals surface area contributed by atoms with Crippen molar-refractivity contribution >= 4 is 5.78 Å². The Hall–Kier alpha value is -1.26. The Morgan fingerprint density at radius 3 is 2.54 bits per heavy atom. The maximum atomic E-state index is 11.5. The van der Waals surface area contributed by atoms with E-state index >= 15 is 0 Å². The van der Waals surface area contributed by atoms with E-state index in [1.54, 1.807) is 12.1 Å². The number of aromatic nitrogens is 1. The summed E-state index contributed by atoms with van der Waals surface area (Å²) in [5.41, 5.74) is 5.95. The molecule has 13 heavy (non-hydrogen) atoms. The van der Waals surface area contributed by atoms with Crippen molar-refractivity contribution < 1.29 is 9.90 Å². The molecule has 0 radical (unpaired) electrons. The first-order valence-electron chi connectivity index (χ1n) is 4.01. The second-order valence-electron chi connectivity index (χ2n) is 2.87. The van der Waals surface area contributed by atoms with Crippen LogP contribution in [0.1, 0.15) is 17.3 Å². The molecule has 1 aromatic rings. The zero-order chi connectivity index (χ0) is 9.84. The van der Waals surface area contributed by atoms with Gasteiger partial charge in [0, 0.05) is 18.0 Å². The van der Waals surface area contributed by atoms with Gasteiger partial charge in [-0.1, -0.05) is 0 Å². The molecule has 1 rings (SSSR count). The van der Waals surface area contributed by atoms with Gasteiger partial charge in [0.2, 0.25) is 0 Å². The highest BCUT2D eigenvalue weighted by Gasteiger charge is 2.19. The molecule has 0 bridgehead atoms. The average Bonchev–Trinajstić information content (AvgIpc) is 2.17. The van der Waals surface area contributed by atoms with Gasteiger partial charge in [0.15, 0.2) is 5.78 Å². The van der Waals surface area contributed by atoms with Crippen LogP contribution in [-0.2, 0) is 0 Å². The maximum Gasteiger partial charge on any atom is 0.182 e. The molecule has 0 aromatic carbocycles. The van der Waals surface area contributed by atoms with Crippen LogP contribution in [0.15, 0.2) is 24.5 Å². The molecule has 2 unspecified atom stereocenters. The summed E-state index contributed by atoms with van der Waals surface area (Å²) in [6, 6.07) is 2.29. The van der Waals surface area contributed by atoms with Gasteiger partial charge in [-0.15, -0.1) is 0 Å². The van der Waals surface area contributed by atoms with Crippen LogP contribution in [-0.4, -0.2) is 28.0 Å². The third-order valence-corrected chi connectivity index (χ3v) is 1.79. The molecule has 0 aliphatic carbocycles. The van der Waals surface area contributed by atoms with Crippen molar-refractivity contribution in [3.8, 4) is 0 Å². The van der Waals surface area contributed by atoms with Crippen LogP contribution in [0, 0.1) is 0 Å². The number of carbonyl (C=O) groups excluding carboxylic acids is 1. The van der Waals surface area contributed by atoms with E-state index in [4.69, 9.17) is 10.8 Å². The fourth-order valence-electron chi connectivity index (χ4n) is 0.928. The molecule has 4 nitrogen and oxygen atoms in total. The van der Waals surface area contributed by atoms with Crippen molar-refractivity contribution in [2.75, 3.05) is 0 Å². The number of nitrogens with two attached hydrogens (primary N) is 1. The van der Waals surface area contributed by atoms with Crippen LogP contribution in [0.4, 0.5) is 0 Å². The van der Waals surface area contributed by atoms with Gasteiger partial charge in [-0.25, -0.2) is 0 Å². The van der Waals surface area contributed by atoms with E-state index in [-0.39, 0.29) is 5.78 Å². The van der Waals surface area contributed by atoms with Gasteiger partial charge in [0.05, 0.1) is 12.1 Å². The fourth-order valence-corrected chi connectivity index (χ4v) is 0.928. The molecule has 0 saturated heterocycles. The minimum absolute atomic E-state index is 0.266. The molecular formula is C9H12N2O2. The second kappa shape index (κ2) is 4.11. The Morgan fingerprint density at radius 1 is 1.54 bits per heavy atom. The van der Waals surface area contributed by atoms with Gasteiger partial charge >= 0.3 is 0 Å². The van der Waals surface area contributed by atoms with E-state index in [2.05, 4.69) is 4.98 Å². The molecule has 0 aliphatic rings. The van der Waals surface area contributed by atoms with Gasteiger partial charge in [0.1, 0.15) is 0 Å². The summed E-state index contributed by atoms with van der Waals surface area (Å²) >= 11 is 0. The van der Waals surface area contributed by atoms with Gasteiger partial charge in [-0.3, -0.25) is 9.78 Å². The van der Waals surface area contributed by atoms with Gasteiger partial charge in [-0.2, -0.15) is 0 Å². The van der Waals surface area contributed by atoms with Crippen molar-refractivity contribution in [1.29, 1.82) is 0 Å². The van der Waals surface area contributed by atoms with Gasteiger partial charge < -0.3 is 10.8 Å². The molecule has 0 saturated carbocycles. The predicted molar refractivity (Wildman–Crippen MR) is 48.2 cm³/mol. The number of pyridine rings is 1. The highest BCUT2D eigenvalue weighted by atomic mass is 16.3. The van der Waals surface area contributed by atoms with Crippen molar-refractivity contribution in [3.63, 3.8) is 0 Å². The van der Waals surface area contributed by atoms with Crippen LogP contribution in [0.5, 0.6) is 0 Å².